The summed E-state index contributed by atoms with van der Waals surface area (Å²) in [6.07, 6.45) is 0. The van der Waals surface area contributed by atoms with Gasteiger partial charge in [0.1, 0.15) is 5.75 Å². The van der Waals surface area contributed by atoms with Gasteiger partial charge in [-0.3, -0.25) is 0 Å². The molecule has 0 atom stereocenters. The minimum atomic E-state index is -0.328. The first kappa shape index (κ1) is 13.2. The Morgan fingerprint density at radius 2 is 1.79 bits per heavy atom. The average Bonchev–Trinajstić information content (AvgIpc) is 2.40. The minimum absolute atomic E-state index is 0.155. The van der Waals surface area contributed by atoms with E-state index >= 15 is 0 Å². The van der Waals surface area contributed by atoms with E-state index in [0.717, 1.165) is 5.56 Å². The van der Waals surface area contributed by atoms with Crippen molar-refractivity contribution in [1.29, 1.82) is 0 Å². The maximum atomic E-state index is 11.7. The van der Waals surface area contributed by atoms with E-state index in [1.165, 1.54) is 12.1 Å². The predicted molar refractivity (Wildman–Crippen MR) is 75.4 cm³/mol. The molecule has 0 saturated heterocycles. The second-order valence-corrected chi connectivity index (χ2v) is 4.35. The normalized spacial score (nSPS) is 9.95. The summed E-state index contributed by atoms with van der Waals surface area (Å²) in [7, 11) is 0. The van der Waals surface area contributed by atoms with E-state index in [9.17, 15) is 4.79 Å². The summed E-state index contributed by atoms with van der Waals surface area (Å²) >= 11 is 5.99. The molecule has 3 N–H and O–H groups in total. The number of hydrogen-bond donors (Lipinski definition) is 3. The summed E-state index contributed by atoms with van der Waals surface area (Å²) in [6.45, 7) is 0.351. The van der Waals surface area contributed by atoms with E-state index in [1.54, 1.807) is 18.2 Å². The SMILES string of the molecule is O=C(NCc1ccccc1Cl)Nc1ccc(O)cc1. The van der Waals surface area contributed by atoms with Crippen molar-refractivity contribution in [2.24, 2.45) is 0 Å². The quantitative estimate of drug-likeness (QED) is 0.753. The molecule has 98 valence electrons. The van der Waals surface area contributed by atoms with E-state index in [0.29, 0.717) is 17.3 Å². The van der Waals surface area contributed by atoms with Crippen molar-refractivity contribution in [3.63, 3.8) is 0 Å². The molecule has 0 radical (unpaired) electrons. The zero-order valence-electron chi connectivity index (χ0n) is 10.1. The number of hydrogen-bond acceptors (Lipinski definition) is 2. The molecule has 5 heteroatoms. The molecule has 4 nitrogen and oxygen atoms in total. The molecule has 0 unspecified atom stereocenters. The molecule has 2 aromatic carbocycles. The average molecular weight is 277 g/mol. The number of aromatic hydroxyl groups is 1. The Labute approximate surface area is 116 Å². The van der Waals surface area contributed by atoms with Gasteiger partial charge in [-0.15, -0.1) is 0 Å². The monoisotopic (exact) mass is 276 g/mol. The molecule has 0 aliphatic carbocycles. The molecule has 0 saturated carbocycles. The molecule has 0 fully saturated rings. The predicted octanol–water partition coefficient (Wildman–Crippen LogP) is 3.37. The van der Waals surface area contributed by atoms with Crippen LogP contribution in [0.25, 0.3) is 0 Å². The van der Waals surface area contributed by atoms with Crippen molar-refractivity contribution in [2.45, 2.75) is 6.54 Å². The number of carbonyl (C=O) groups excluding carboxylic acids is 1. The number of rotatable bonds is 3. The molecule has 0 bridgehead atoms. The zero-order chi connectivity index (χ0) is 13.7. The largest absolute Gasteiger partial charge is 0.508 e. The third-order valence-corrected chi connectivity index (χ3v) is 2.89. The lowest BCUT2D eigenvalue weighted by Gasteiger charge is -2.08. The third kappa shape index (κ3) is 3.89. The van der Waals surface area contributed by atoms with E-state index in [1.807, 2.05) is 18.2 Å². The Bertz CT molecular complexity index is 570. The van der Waals surface area contributed by atoms with Gasteiger partial charge in [0.2, 0.25) is 0 Å². The van der Waals surface area contributed by atoms with Gasteiger partial charge >= 0.3 is 6.03 Å². The summed E-state index contributed by atoms with van der Waals surface area (Å²) in [5, 5.41) is 15.1. The van der Waals surface area contributed by atoms with E-state index in [2.05, 4.69) is 10.6 Å². The van der Waals surface area contributed by atoms with Gasteiger partial charge < -0.3 is 15.7 Å². The second-order valence-electron chi connectivity index (χ2n) is 3.95. The van der Waals surface area contributed by atoms with Gasteiger partial charge in [-0.1, -0.05) is 29.8 Å². The fourth-order valence-corrected chi connectivity index (χ4v) is 1.74. The van der Waals surface area contributed by atoms with Crippen LogP contribution in [0.2, 0.25) is 5.02 Å². The van der Waals surface area contributed by atoms with Crippen LogP contribution in [-0.4, -0.2) is 11.1 Å². The highest BCUT2D eigenvalue weighted by atomic mass is 35.5. The van der Waals surface area contributed by atoms with Crippen LogP contribution in [0.4, 0.5) is 10.5 Å². The van der Waals surface area contributed by atoms with E-state index < -0.39 is 0 Å². The van der Waals surface area contributed by atoms with Crippen LogP contribution in [0, 0.1) is 0 Å². The number of nitrogens with one attached hydrogen (secondary N) is 2. The summed E-state index contributed by atoms with van der Waals surface area (Å²) in [4.78, 5) is 11.7. The van der Waals surface area contributed by atoms with Crippen LogP contribution in [-0.2, 0) is 6.54 Å². The Morgan fingerprint density at radius 3 is 2.47 bits per heavy atom. The molecular weight excluding hydrogens is 264 g/mol. The zero-order valence-corrected chi connectivity index (χ0v) is 10.8. The van der Waals surface area contributed by atoms with Gasteiger partial charge in [-0.25, -0.2) is 4.79 Å². The van der Waals surface area contributed by atoms with E-state index in [-0.39, 0.29) is 11.8 Å². The Kier molecular flexibility index (Phi) is 4.26. The molecule has 0 aromatic heterocycles. The molecule has 0 aliphatic rings. The topological polar surface area (TPSA) is 61.4 Å². The third-order valence-electron chi connectivity index (χ3n) is 2.52. The maximum absolute atomic E-state index is 11.7. The number of phenolic OH excluding ortho intramolecular Hbond substituents is 1. The Morgan fingerprint density at radius 1 is 1.11 bits per heavy atom. The van der Waals surface area contributed by atoms with Gasteiger partial charge in [0.05, 0.1) is 0 Å². The highest BCUT2D eigenvalue weighted by molar-refractivity contribution is 6.31. The highest BCUT2D eigenvalue weighted by Gasteiger charge is 2.03. The van der Waals surface area contributed by atoms with Gasteiger partial charge in [0.25, 0.3) is 0 Å². The number of amides is 2. The smallest absolute Gasteiger partial charge is 0.319 e. The number of urea groups is 1. The first-order chi connectivity index (χ1) is 9.15. The fraction of sp³-hybridized carbons (Fsp3) is 0.0714. The molecule has 2 aromatic rings. The maximum Gasteiger partial charge on any atom is 0.319 e. The minimum Gasteiger partial charge on any atom is -0.508 e. The van der Waals surface area contributed by atoms with Crippen LogP contribution in [0.5, 0.6) is 5.75 Å². The van der Waals surface area contributed by atoms with Crippen LogP contribution in [0.1, 0.15) is 5.56 Å². The molecule has 0 spiro atoms. The summed E-state index contributed by atoms with van der Waals surface area (Å²) in [5.74, 6) is 0.155. The second kappa shape index (κ2) is 6.11. The van der Waals surface area contributed by atoms with Gasteiger partial charge in [0, 0.05) is 17.3 Å². The van der Waals surface area contributed by atoms with Gasteiger partial charge in [-0.05, 0) is 35.9 Å². The lowest BCUT2D eigenvalue weighted by Crippen LogP contribution is -2.28. The Balaban J connectivity index is 1.88. The summed E-state index contributed by atoms with van der Waals surface area (Å²) in [6, 6.07) is 13.2. The number of anilines is 1. The van der Waals surface area contributed by atoms with Crippen molar-refractivity contribution >= 4 is 23.3 Å². The van der Waals surface area contributed by atoms with E-state index in [4.69, 9.17) is 16.7 Å². The van der Waals surface area contributed by atoms with Crippen molar-refractivity contribution in [3.05, 3.63) is 59.1 Å². The summed E-state index contributed by atoms with van der Waals surface area (Å²) < 4.78 is 0. The van der Waals surface area contributed by atoms with Crippen LogP contribution >= 0.6 is 11.6 Å². The lowest BCUT2D eigenvalue weighted by atomic mass is 10.2. The molecular formula is C14H13ClN2O2. The number of phenols is 1. The number of carbonyl (C=O) groups is 1. The molecule has 0 heterocycles. The van der Waals surface area contributed by atoms with Crippen molar-refractivity contribution in [3.8, 4) is 5.75 Å². The number of halogens is 1. The molecule has 19 heavy (non-hydrogen) atoms. The van der Waals surface area contributed by atoms with Gasteiger partial charge in [0.15, 0.2) is 0 Å². The van der Waals surface area contributed by atoms with Crippen LogP contribution in [0.3, 0.4) is 0 Å². The van der Waals surface area contributed by atoms with Crippen molar-refractivity contribution in [2.75, 3.05) is 5.32 Å². The molecule has 2 rings (SSSR count). The Hall–Kier alpha value is -2.20. The first-order valence-electron chi connectivity index (χ1n) is 5.72. The standard InChI is InChI=1S/C14H13ClN2O2/c15-13-4-2-1-3-10(13)9-16-14(19)17-11-5-7-12(18)8-6-11/h1-8,18H,9H2,(H2,16,17,19). The molecule has 0 aliphatic heterocycles. The van der Waals surface area contributed by atoms with Crippen LogP contribution < -0.4 is 10.6 Å². The van der Waals surface area contributed by atoms with Crippen molar-refractivity contribution < 1.29 is 9.90 Å². The number of benzene rings is 2. The fourth-order valence-electron chi connectivity index (χ4n) is 1.54. The lowest BCUT2D eigenvalue weighted by molar-refractivity contribution is 0.251. The van der Waals surface area contributed by atoms with Crippen LogP contribution in [0.15, 0.2) is 48.5 Å². The highest BCUT2D eigenvalue weighted by Crippen LogP contribution is 2.15. The first-order valence-corrected chi connectivity index (χ1v) is 6.10. The van der Waals surface area contributed by atoms with Crippen molar-refractivity contribution in [1.82, 2.24) is 5.32 Å². The van der Waals surface area contributed by atoms with Gasteiger partial charge in [-0.2, -0.15) is 0 Å². The molecule has 2 amide bonds. The summed E-state index contributed by atoms with van der Waals surface area (Å²) in [5.41, 5.74) is 1.46.